The van der Waals surface area contributed by atoms with Gasteiger partial charge >= 0.3 is 5.97 Å². The molecule has 0 bridgehead atoms. The molecule has 0 amide bonds. The van der Waals surface area contributed by atoms with Crippen molar-refractivity contribution in [3.63, 3.8) is 0 Å². The Bertz CT molecular complexity index is 440. The highest BCUT2D eigenvalue weighted by Crippen LogP contribution is 2.18. The first-order valence-corrected chi connectivity index (χ1v) is 6.60. The molecule has 0 N–H and O–H groups in total. The SMILES string of the molecule is COC(=O)C(C(=O)Cc1cccc(Br)c1)C(C)C. The van der Waals surface area contributed by atoms with Gasteiger partial charge in [-0.1, -0.05) is 41.9 Å². The summed E-state index contributed by atoms with van der Waals surface area (Å²) in [6.45, 7) is 3.70. The zero-order valence-corrected chi connectivity index (χ0v) is 12.4. The predicted molar refractivity (Wildman–Crippen MR) is 73.2 cm³/mol. The number of halogens is 1. The number of hydrogen-bond acceptors (Lipinski definition) is 3. The van der Waals surface area contributed by atoms with E-state index in [0.717, 1.165) is 10.0 Å². The van der Waals surface area contributed by atoms with Crippen LogP contribution < -0.4 is 0 Å². The van der Waals surface area contributed by atoms with Gasteiger partial charge in [-0.15, -0.1) is 0 Å². The molecule has 0 aromatic heterocycles. The van der Waals surface area contributed by atoms with E-state index in [-0.39, 0.29) is 18.1 Å². The maximum Gasteiger partial charge on any atom is 0.316 e. The highest BCUT2D eigenvalue weighted by Gasteiger charge is 2.30. The van der Waals surface area contributed by atoms with Crippen molar-refractivity contribution < 1.29 is 14.3 Å². The first-order valence-electron chi connectivity index (χ1n) is 5.80. The maximum absolute atomic E-state index is 12.1. The monoisotopic (exact) mass is 312 g/mol. The molecule has 1 atom stereocenters. The number of ether oxygens (including phenoxy) is 1. The first-order chi connectivity index (χ1) is 8.45. The van der Waals surface area contributed by atoms with Crippen molar-refractivity contribution >= 4 is 27.7 Å². The van der Waals surface area contributed by atoms with Gasteiger partial charge in [0.2, 0.25) is 0 Å². The summed E-state index contributed by atoms with van der Waals surface area (Å²) in [6, 6.07) is 7.52. The quantitative estimate of drug-likeness (QED) is 0.620. The van der Waals surface area contributed by atoms with Crippen LogP contribution in [0.1, 0.15) is 19.4 Å². The molecule has 0 radical (unpaired) electrons. The summed E-state index contributed by atoms with van der Waals surface area (Å²) < 4.78 is 5.61. The molecule has 3 nitrogen and oxygen atoms in total. The van der Waals surface area contributed by atoms with Gasteiger partial charge < -0.3 is 4.74 Å². The highest BCUT2D eigenvalue weighted by molar-refractivity contribution is 9.10. The summed E-state index contributed by atoms with van der Waals surface area (Å²) in [5, 5.41) is 0. The number of Topliss-reactive ketones (excluding diaryl/α,β-unsaturated/α-hetero) is 1. The van der Waals surface area contributed by atoms with Crippen LogP contribution in [0.4, 0.5) is 0 Å². The molecule has 1 unspecified atom stereocenters. The molecule has 98 valence electrons. The molecular formula is C14H17BrO3. The van der Waals surface area contributed by atoms with E-state index in [9.17, 15) is 9.59 Å². The Kier molecular flexibility index (Phi) is 5.54. The number of methoxy groups -OCH3 is 1. The largest absolute Gasteiger partial charge is 0.468 e. The molecule has 1 aromatic rings. The number of rotatable bonds is 5. The van der Waals surface area contributed by atoms with E-state index < -0.39 is 11.9 Å². The predicted octanol–water partition coefficient (Wildman–Crippen LogP) is 3.01. The van der Waals surface area contributed by atoms with Crippen molar-refractivity contribution in [3.05, 3.63) is 34.3 Å². The van der Waals surface area contributed by atoms with Crippen LogP contribution in [-0.4, -0.2) is 18.9 Å². The van der Waals surface area contributed by atoms with E-state index in [1.165, 1.54) is 7.11 Å². The van der Waals surface area contributed by atoms with Gasteiger partial charge in [-0.3, -0.25) is 9.59 Å². The van der Waals surface area contributed by atoms with Crippen LogP contribution in [0.15, 0.2) is 28.7 Å². The normalized spacial score (nSPS) is 12.3. The third-order valence-electron chi connectivity index (χ3n) is 2.74. The first kappa shape index (κ1) is 14.9. The van der Waals surface area contributed by atoms with Gasteiger partial charge in [0.05, 0.1) is 7.11 Å². The molecule has 18 heavy (non-hydrogen) atoms. The Labute approximate surface area is 116 Å². The molecule has 0 heterocycles. The molecule has 0 saturated heterocycles. The average Bonchev–Trinajstić information content (AvgIpc) is 2.28. The molecule has 1 rings (SSSR count). The lowest BCUT2D eigenvalue weighted by molar-refractivity contribution is -0.151. The number of benzene rings is 1. The summed E-state index contributed by atoms with van der Waals surface area (Å²) in [6.07, 6.45) is 0.247. The van der Waals surface area contributed by atoms with E-state index in [1.54, 1.807) is 0 Å². The Balaban J connectivity index is 2.82. The van der Waals surface area contributed by atoms with Gasteiger partial charge in [-0.05, 0) is 23.6 Å². The van der Waals surface area contributed by atoms with Crippen molar-refractivity contribution in [3.8, 4) is 0 Å². The van der Waals surface area contributed by atoms with Crippen LogP contribution in [0.3, 0.4) is 0 Å². The number of ketones is 1. The second-order valence-electron chi connectivity index (χ2n) is 4.52. The second kappa shape index (κ2) is 6.69. The lowest BCUT2D eigenvalue weighted by Gasteiger charge is -2.17. The van der Waals surface area contributed by atoms with E-state index >= 15 is 0 Å². The van der Waals surface area contributed by atoms with Crippen LogP contribution >= 0.6 is 15.9 Å². The van der Waals surface area contributed by atoms with Crippen LogP contribution in [0.25, 0.3) is 0 Å². The van der Waals surface area contributed by atoms with E-state index in [0.29, 0.717) is 0 Å². The zero-order chi connectivity index (χ0) is 13.7. The van der Waals surface area contributed by atoms with Crippen LogP contribution in [0.5, 0.6) is 0 Å². The minimum atomic E-state index is -0.686. The number of esters is 1. The van der Waals surface area contributed by atoms with Gasteiger partial charge in [0, 0.05) is 10.9 Å². The van der Waals surface area contributed by atoms with Crippen LogP contribution in [0.2, 0.25) is 0 Å². The lowest BCUT2D eigenvalue weighted by Crippen LogP contribution is -2.31. The van der Waals surface area contributed by atoms with Crippen molar-refractivity contribution in [1.82, 2.24) is 0 Å². The standard InChI is InChI=1S/C14H17BrO3/c1-9(2)13(14(17)18-3)12(16)8-10-5-4-6-11(15)7-10/h4-7,9,13H,8H2,1-3H3. The Hall–Kier alpha value is -1.16. The minimum absolute atomic E-state index is 0.0582. The van der Waals surface area contributed by atoms with E-state index in [4.69, 9.17) is 0 Å². The van der Waals surface area contributed by atoms with E-state index in [1.807, 2.05) is 38.1 Å². The summed E-state index contributed by atoms with van der Waals surface area (Å²) in [7, 11) is 1.31. The van der Waals surface area contributed by atoms with Gasteiger partial charge in [-0.2, -0.15) is 0 Å². The fraction of sp³-hybridized carbons (Fsp3) is 0.429. The smallest absolute Gasteiger partial charge is 0.316 e. The molecular weight excluding hydrogens is 296 g/mol. The Morgan fingerprint density at radius 1 is 1.33 bits per heavy atom. The topological polar surface area (TPSA) is 43.4 Å². The van der Waals surface area contributed by atoms with Gasteiger partial charge in [0.25, 0.3) is 0 Å². The van der Waals surface area contributed by atoms with Gasteiger partial charge in [0.15, 0.2) is 5.78 Å². The molecule has 0 aliphatic heterocycles. The summed E-state index contributed by atoms with van der Waals surface area (Å²) >= 11 is 3.36. The highest BCUT2D eigenvalue weighted by atomic mass is 79.9. The molecule has 0 saturated carbocycles. The number of hydrogen-bond donors (Lipinski definition) is 0. The van der Waals surface area contributed by atoms with Crippen molar-refractivity contribution in [2.75, 3.05) is 7.11 Å². The summed E-state index contributed by atoms with van der Waals surface area (Å²) in [4.78, 5) is 23.7. The third kappa shape index (κ3) is 3.95. The van der Waals surface area contributed by atoms with Gasteiger partial charge in [0.1, 0.15) is 5.92 Å². The zero-order valence-electron chi connectivity index (χ0n) is 10.8. The maximum atomic E-state index is 12.1. The summed E-state index contributed by atoms with van der Waals surface area (Å²) in [5.74, 6) is -1.30. The summed E-state index contributed by atoms with van der Waals surface area (Å²) in [5.41, 5.74) is 0.893. The Morgan fingerprint density at radius 3 is 2.50 bits per heavy atom. The average molecular weight is 313 g/mol. The third-order valence-corrected chi connectivity index (χ3v) is 3.23. The van der Waals surface area contributed by atoms with Crippen LogP contribution in [0, 0.1) is 11.8 Å². The van der Waals surface area contributed by atoms with E-state index in [2.05, 4.69) is 20.7 Å². The molecule has 0 aliphatic rings. The molecule has 0 spiro atoms. The van der Waals surface area contributed by atoms with Crippen molar-refractivity contribution in [2.24, 2.45) is 11.8 Å². The number of carbonyl (C=O) groups excluding carboxylic acids is 2. The molecule has 0 aliphatic carbocycles. The van der Waals surface area contributed by atoms with Gasteiger partial charge in [-0.25, -0.2) is 0 Å². The van der Waals surface area contributed by atoms with Crippen molar-refractivity contribution in [1.29, 1.82) is 0 Å². The fourth-order valence-corrected chi connectivity index (χ4v) is 2.31. The molecule has 4 heteroatoms. The lowest BCUT2D eigenvalue weighted by atomic mass is 9.88. The Morgan fingerprint density at radius 2 is 2.00 bits per heavy atom. The van der Waals surface area contributed by atoms with Crippen molar-refractivity contribution in [2.45, 2.75) is 20.3 Å². The molecule has 1 aromatic carbocycles. The second-order valence-corrected chi connectivity index (χ2v) is 5.43. The fourth-order valence-electron chi connectivity index (χ4n) is 1.86. The minimum Gasteiger partial charge on any atom is -0.468 e. The number of carbonyl (C=O) groups is 2. The van der Waals surface area contributed by atoms with Crippen LogP contribution in [-0.2, 0) is 20.7 Å². The molecule has 0 fully saturated rings.